The van der Waals surface area contributed by atoms with E-state index in [1.807, 2.05) is 55.5 Å². The van der Waals surface area contributed by atoms with E-state index in [1.54, 1.807) is 18.4 Å². The highest BCUT2D eigenvalue weighted by Gasteiger charge is 2.17. The molecule has 4 nitrogen and oxygen atoms in total. The van der Waals surface area contributed by atoms with Gasteiger partial charge in [-0.05, 0) is 25.1 Å². The summed E-state index contributed by atoms with van der Waals surface area (Å²) in [6.45, 7) is 2.35. The molecule has 0 saturated carbocycles. The Labute approximate surface area is 149 Å². The summed E-state index contributed by atoms with van der Waals surface area (Å²) in [7, 11) is 1.63. The Kier molecular flexibility index (Phi) is 5.37. The lowest BCUT2D eigenvalue weighted by Crippen LogP contribution is -2.30. The van der Waals surface area contributed by atoms with Gasteiger partial charge in [0.15, 0.2) is 4.34 Å². The number of hydrogen-bond acceptors (Lipinski definition) is 5. The number of methoxy groups -OCH3 is 1. The third-order valence-corrected chi connectivity index (χ3v) is 5.80. The molecule has 0 fully saturated rings. The number of benzene rings is 2. The first-order valence-corrected chi connectivity index (χ1v) is 9.29. The lowest BCUT2D eigenvalue weighted by atomic mass is 10.2. The van der Waals surface area contributed by atoms with Crippen LogP contribution in [0.2, 0.25) is 0 Å². The fraction of sp³-hybridized carbons (Fsp3) is 0.222. The van der Waals surface area contributed by atoms with Crippen LogP contribution in [-0.4, -0.2) is 23.3 Å². The largest absolute Gasteiger partial charge is 0.496 e. The first-order valence-electron chi connectivity index (χ1n) is 7.59. The highest BCUT2D eigenvalue weighted by atomic mass is 32.2. The predicted octanol–water partition coefficient (Wildman–Crippen LogP) is 4.10. The van der Waals surface area contributed by atoms with Crippen LogP contribution < -0.4 is 10.1 Å². The van der Waals surface area contributed by atoms with Gasteiger partial charge in [0.1, 0.15) is 5.75 Å². The van der Waals surface area contributed by atoms with Gasteiger partial charge in [-0.2, -0.15) is 0 Å². The Bertz CT molecular complexity index is 815. The number of aromatic nitrogens is 1. The smallest absolute Gasteiger partial charge is 0.233 e. The average Bonchev–Trinajstić information content (AvgIpc) is 3.02. The molecule has 3 aromatic rings. The molecule has 1 N–H and O–H groups in total. The molecule has 0 aliphatic heterocycles. The van der Waals surface area contributed by atoms with Crippen LogP contribution >= 0.6 is 23.1 Å². The van der Waals surface area contributed by atoms with Crippen molar-refractivity contribution in [1.82, 2.24) is 10.3 Å². The third kappa shape index (κ3) is 3.88. The van der Waals surface area contributed by atoms with Crippen LogP contribution in [0.1, 0.15) is 12.5 Å². The van der Waals surface area contributed by atoms with Crippen molar-refractivity contribution in [2.24, 2.45) is 0 Å². The van der Waals surface area contributed by atoms with Crippen molar-refractivity contribution in [2.75, 3.05) is 7.11 Å². The van der Waals surface area contributed by atoms with E-state index in [1.165, 1.54) is 11.8 Å². The fourth-order valence-electron chi connectivity index (χ4n) is 2.28. The van der Waals surface area contributed by atoms with Crippen LogP contribution in [0.25, 0.3) is 10.2 Å². The van der Waals surface area contributed by atoms with Crippen LogP contribution in [0.5, 0.6) is 5.75 Å². The van der Waals surface area contributed by atoms with E-state index in [0.29, 0.717) is 6.54 Å². The molecule has 124 valence electrons. The van der Waals surface area contributed by atoms with Gasteiger partial charge in [-0.1, -0.05) is 42.1 Å². The van der Waals surface area contributed by atoms with Crippen LogP contribution in [0, 0.1) is 0 Å². The molecule has 2 aromatic carbocycles. The molecule has 1 aromatic heterocycles. The van der Waals surface area contributed by atoms with Crippen molar-refractivity contribution in [1.29, 1.82) is 0 Å². The zero-order valence-corrected chi connectivity index (χ0v) is 15.1. The van der Waals surface area contributed by atoms with Crippen molar-refractivity contribution in [3.63, 3.8) is 0 Å². The van der Waals surface area contributed by atoms with E-state index in [9.17, 15) is 4.79 Å². The minimum atomic E-state index is -0.208. The van der Waals surface area contributed by atoms with Crippen molar-refractivity contribution >= 4 is 39.2 Å². The SMILES string of the molecule is COc1ccccc1CNC(=O)C(C)Sc1nc2ccccc2s1. The molecule has 1 unspecified atom stereocenters. The monoisotopic (exact) mass is 358 g/mol. The molecule has 0 bridgehead atoms. The topological polar surface area (TPSA) is 51.2 Å². The number of amides is 1. The highest BCUT2D eigenvalue weighted by Crippen LogP contribution is 2.31. The molecule has 24 heavy (non-hydrogen) atoms. The van der Waals surface area contributed by atoms with E-state index in [-0.39, 0.29) is 11.2 Å². The molecule has 1 atom stereocenters. The number of thioether (sulfide) groups is 1. The van der Waals surface area contributed by atoms with Gasteiger partial charge in [0.05, 0.1) is 22.6 Å². The Morgan fingerprint density at radius 3 is 2.79 bits per heavy atom. The van der Waals surface area contributed by atoms with Crippen LogP contribution in [-0.2, 0) is 11.3 Å². The normalized spacial score (nSPS) is 12.1. The first-order chi connectivity index (χ1) is 11.7. The predicted molar refractivity (Wildman–Crippen MR) is 99.8 cm³/mol. The summed E-state index contributed by atoms with van der Waals surface area (Å²) in [5, 5.41) is 2.76. The summed E-state index contributed by atoms with van der Waals surface area (Å²) in [5.74, 6) is 0.773. The summed E-state index contributed by atoms with van der Waals surface area (Å²) in [6, 6.07) is 15.7. The molecule has 6 heteroatoms. The lowest BCUT2D eigenvalue weighted by Gasteiger charge is -2.12. The summed E-state index contributed by atoms with van der Waals surface area (Å²) < 4.78 is 7.36. The summed E-state index contributed by atoms with van der Waals surface area (Å²) in [6.07, 6.45) is 0. The molecule has 0 aliphatic rings. The van der Waals surface area contributed by atoms with E-state index < -0.39 is 0 Å². The number of rotatable bonds is 6. The number of hydrogen-bond donors (Lipinski definition) is 1. The Hall–Kier alpha value is -2.05. The van der Waals surface area contributed by atoms with Crippen LogP contribution in [0.3, 0.4) is 0 Å². The molecule has 0 radical (unpaired) electrons. The van der Waals surface area contributed by atoms with Gasteiger partial charge in [0.25, 0.3) is 0 Å². The molecule has 3 rings (SSSR count). The van der Waals surface area contributed by atoms with Gasteiger partial charge in [-0.25, -0.2) is 4.98 Å². The van der Waals surface area contributed by atoms with Gasteiger partial charge in [-0.3, -0.25) is 4.79 Å². The Morgan fingerprint density at radius 1 is 1.25 bits per heavy atom. The van der Waals surface area contributed by atoms with Crippen LogP contribution in [0.15, 0.2) is 52.9 Å². The molecule has 0 spiro atoms. The number of carbonyl (C=O) groups is 1. The number of thiazole rings is 1. The molecular weight excluding hydrogens is 340 g/mol. The average molecular weight is 358 g/mol. The van der Waals surface area contributed by atoms with Gasteiger partial charge in [0.2, 0.25) is 5.91 Å². The second-order valence-electron chi connectivity index (χ2n) is 5.24. The van der Waals surface area contributed by atoms with Gasteiger partial charge >= 0.3 is 0 Å². The zero-order valence-electron chi connectivity index (χ0n) is 13.5. The molecule has 0 saturated heterocycles. The summed E-state index contributed by atoms with van der Waals surface area (Å²) in [5.41, 5.74) is 1.94. The van der Waals surface area contributed by atoms with Gasteiger partial charge in [-0.15, -0.1) is 11.3 Å². The maximum absolute atomic E-state index is 12.3. The summed E-state index contributed by atoms with van der Waals surface area (Å²) in [4.78, 5) is 16.9. The molecule has 0 aliphatic carbocycles. The first kappa shape index (κ1) is 16.8. The van der Waals surface area contributed by atoms with Crippen molar-refractivity contribution in [2.45, 2.75) is 23.1 Å². The lowest BCUT2D eigenvalue weighted by molar-refractivity contribution is -0.120. The highest BCUT2D eigenvalue weighted by molar-refractivity contribution is 8.02. The molecular formula is C18H18N2O2S2. The third-order valence-electron chi connectivity index (χ3n) is 3.57. The zero-order chi connectivity index (χ0) is 16.9. The Balaban J connectivity index is 1.60. The number of ether oxygens (including phenoxy) is 1. The fourth-order valence-corrected chi connectivity index (χ4v) is 4.52. The van der Waals surface area contributed by atoms with E-state index in [0.717, 1.165) is 25.9 Å². The van der Waals surface area contributed by atoms with E-state index in [2.05, 4.69) is 10.3 Å². The Morgan fingerprint density at radius 2 is 2.00 bits per heavy atom. The number of nitrogens with one attached hydrogen (secondary N) is 1. The molecule has 1 amide bonds. The quantitative estimate of drug-likeness (QED) is 0.674. The number of para-hydroxylation sites is 2. The van der Waals surface area contributed by atoms with Crippen molar-refractivity contribution in [3.05, 3.63) is 54.1 Å². The number of fused-ring (bicyclic) bond motifs is 1. The standard InChI is InChI=1S/C18H18N2O2S2/c1-12(23-18-20-14-8-4-6-10-16(14)24-18)17(21)19-11-13-7-3-5-9-15(13)22-2/h3-10,12H,11H2,1-2H3,(H,19,21). The maximum atomic E-state index is 12.3. The van der Waals surface area contributed by atoms with E-state index in [4.69, 9.17) is 4.74 Å². The summed E-state index contributed by atoms with van der Waals surface area (Å²) >= 11 is 3.10. The minimum absolute atomic E-state index is 0.00911. The maximum Gasteiger partial charge on any atom is 0.233 e. The molecule has 1 heterocycles. The second kappa shape index (κ2) is 7.68. The van der Waals surface area contributed by atoms with Crippen molar-refractivity contribution < 1.29 is 9.53 Å². The van der Waals surface area contributed by atoms with Gasteiger partial charge < -0.3 is 10.1 Å². The minimum Gasteiger partial charge on any atom is -0.496 e. The number of nitrogens with zero attached hydrogens (tertiary/aromatic N) is 1. The van der Waals surface area contributed by atoms with Crippen molar-refractivity contribution in [3.8, 4) is 5.75 Å². The van der Waals surface area contributed by atoms with E-state index >= 15 is 0 Å². The van der Waals surface area contributed by atoms with Crippen LogP contribution in [0.4, 0.5) is 0 Å². The van der Waals surface area contributed by atoms with Gasteiger partial charge in [0, 0.05) is 12.1 Å². The number of carbonyl (C=O) groups excluding carboxylic acids is 1. The second-order valence-corrected chi connectivity index (χ2v) is 7.86.